The molecule has 0 N–H and O–H groups in total. The topological polar surface area (TPSA) is 38.1 Å². The maximum absolute atomic E-state index is 12.6. The van der Waals surface area contributed by atoms with Gasteiger partial charge in [0.2, 0.25) is 5.91 Å². The monoisotopic (exact) mass is 291 g/mol. The number of anilines is 1. The van der Waals surface area contributed by atoms with Gasteiger partial charge in [-0.3, -0.25) is 9.48 Å². The highest BCUT2D eigenvalue weighted by Gasteiger charge is 2.25. The predicted octanol–water partition coefficient (Wildman–Crippen LogP) is 2.72. The van der Waals surface area contributed by atoms with Crippen LogP contribution in [0.4, 0.5) is 14.5 Å². The second kappa shape index (κ2) is 5.27. The largest absolute Gasteiger partial charge is 0.310 e. The van der Waals surface area contributed by atoms with Crippen molar-refractivity contribution < 1.29 is 13.6 Å². The maximum atomic E-state index is 12.6. The minimum Gasteiger partial charge on any atom is -0.310 e. The van der Waals surface area contributed by atoms with Crippen LogP contribution in [0, 0.1) is 6.92 Å². The van der Waals surface area contributed by atoms with Crippen molar-refractivity contribution in [1.29, 1.82) is 0 Å². The Kier molecular flexibility index (Phi) is 3.45. The van der Waals surface area contributed by atoms with Gasteiger partial charge in [-0.2, -0.15) is 5.10 Å². The normalized spacial score (nSPS) is 13.8. The molecule has 0 saturated heterocycles. The van der Waals surface area contributed by atoms with Crippen LogP contribution in [0.1, 0.15) is 23.4 Å². The Morgan fingerprint density at radius 1 is 1.38 bits per heavy atom. The molecule has 1 aliphatic rings. The Labute approximate surface area is 121 Å². The van der Waals surface area contributed by atoms with E-state index in [2.05, 4.69) is 5.10 Å². The third-order valence-electron chi connectivity index (χ3n) is 3.70. The van der Waals surface area contributed by atoms with Gasteiger partial charge >= 0.3 is 0 Å². The Balaban J connectivity index is 1.79. The SMILES string of the molecule is Cc1cc(C(F)F)nn1CC(=O)N1CCc2ccccc21. The van der Waals surface area contributed by atoms with Crippen LogP contribution in [0.3, 0.4) is 0 Å². The number of nitrogens with zero attached hydrogens (tertiary/aromatic N) is 3. The summed E-state index contributed by atoms with van der Waals surface area (Å²) in [7, 11) is 0. The standard InChI is InChI=1S/C15H15F2N3O/c1-10-8-12(15(16)17)18-20(10)9-14(21)19-7-6-11-4-2-3-5-13(11)19/h2-5,8,15H,6-7,9H2,1H3. The van der Waals surface area contributed by atoms with Gasteiger partial charge in [-0.25, -0.2) is 8.78 Å². The first-order valence-corrected chi connectivity index (χ1v) is 6.77. The van der Waals surface area contributed by atoms with E-state index in [1.54, 1.807) is 11.8 Å². The van der Waals surface area contributed by atoms with Crippen molar-refractivity contribution in [3.8, 4) is 0 Å². The molecule has 0 radical (unpaired) electrons. The van der Waals surface area contributed by atoms with Crippen molar-refractivity contribution in [2.75, 3.05) is 11.4 Å². The van der Waals surface area contributed by atoms with Crippen LogP contribution in [0.2, 0.25) is 0 Å². The fourth-order valence-corrected chi connectivity index (χ4v) is 2.61. The second-order valence-electron chi connectivity index (χ2n) is 5.09. The molecule has 0 unspecified atom stereocenters. The van der Waals surface area contributed by atoms with E-state index in [0.29, 0.717) is 12.2 Å². The summed E-state index contributed by atoms with van der Waals surface area (Å²) in [6.45, 7) is 2.27. The average molecular weight is 291 g/mol. The molecule has 1 aromatic carbocycles. The summed E-state index contributed by atoms with van der Waals surface area (Å²) in [4.78, 5) is 14.1. The number of benzene rings is 1. The number of halogens is 2. The van der Waals surface area contributed by atoms with Crippen molar-refractivity contribution >= 4 is 11.6 Å². The van der Waals surface area contributed by atoms with Crippen LogP contribution in [0.15, 0.2) is 30.3 Å². The lowest BCUT2D eigenvalue weighted by atomic mass is 10.2. The lowest BCUT2D eigenvalue weighted by molar-refractivity contribution is -0.119. The number of alkyl halides is 2. The number of para-hydroxylation sites is 1. The highest BCUT2D eigenvalue weighted by Crippen LogP contribution is 2.27. The Morgan fingerprint density at radius 2 is 2.14 bits per heavy atom. The van der Waals surface area contributed by atoms with E-state index >= 15 is 0 Å². The van der Waals surface area contributed by atoms with Gasteiger partial charge in [0.1, 0.15) is 12.2 Å². The van der Waals surface area contributed by atoms with Gasteiger partial charge in [0.15, 0.2) is 0 Å². The quantitative estimate of drug-likeness (QED) is 0.872. The molecule has 1 aliphatic heterocycles. The average Bonchev–Trinajstić information content (AvgIpc) is 3.03. The zero-order valence-electron chi connectivity index (χ0n) is 11.6. The van der Waals surface area contributed by atoms with Gasteiger partial charge in [-0.1, -0.05) is 18.2 Å². The van der Waals surface area contributed by atoms with Crippen LogP contribution in [0.5, 0.6) is 0 Å². The summed E-state index contributed by atoms with van der Waals surface area (Å²) in [5.74, 6) is -0.132. The molecule has 0 fully saturated rings. The van der Waals surface area contributed by atoms with Crippen LogP contribution in [0.25, 0.3) is 0 Å². The zero-order chi connectivity index (χ0) is 15.0. The molecule has 6 heteroatoms. The molecule has 2 heterocycles. The van der Waals surface area contributed by atoms with E-state index in [0.717, 1.165) is 17.7 Å². The molecule has 0 aliphatic carbocycles. The number of carbonyl (C=O) groups is 1. The van der Waals surface area contributed by atoms with E-state index in [9.17, 15) is 13.6 Å². The highest BCUT2D eigenvalue weighted by atomic mass is 19.3. The molecule has 0 spiro atoms. The first-order chi connectivity index (χ1) is 10.1. The van der Waals surface area contributed by atoms with E-state index in [4.69, 9.17) is 0 Å². The number of hydrogen-bond acceptors (Lipinski definition) is 2. The van der Waals surface area contributed by atoms with Gasteiger partial charge < -0.3 is 4.90 Å². The molecule has 1 aromatic heterocycles. The van der Waals surface area contributed by atoms with Crippen LogP contribution in [-0.4, -0.2) is 22.2 Å². The molecular formula is C15H15F2N3O. The maximum Gasteiger partial charge on any atom is 0.282 e. The van der Waals surface area contributed by atoms with E-state index in [-0.39, 0.29) is 18.1 Å². The summed E-state index contributed by atoms with van der Waals surface area (Å²) < 4.78 is 26.6. The third-order valence-corrected chi connectivity index (χ3v) is 3.70. The van der Waals surface area contributed by atoms with Crippen molar-refractivity contribution in [2.24, 2.45) is 0 Å². The van der Waals surface area contributed by atoms with Gasteiger partial charge in [0, 0.05) is 17.9 Å². The van der Waals surface area contributed by atoms with Crippen molar-refractivity contribution in [3.63, 3.8) is 0 Å². The van der Waals surface area contributed by atoms with Crippen LogP contribution >= 0.6 is 0 Å². The lowest BCUT2D eigenvalue weighted by Crippen LogP contribution is -2.32. The van der Waals surface area contributed by atoms with E-state index in [1.165, 1.54) is 10.7 Å². The molecule has 3 rings (SSSR count). The Morgan fingerprint density at radius 3 is 2.86 bits per heavy atom. The van der Waals surface area contributed by atoms with Crippen molar-refractivity contribution in [2.45, 2.75) is 26.3 Å². The molecule has 0 bridgehead atoms. The zero-order valence-corrected chi connectivity index (χ0v) is 11.6. The fourth-order valence-electron chi connectivity index (χ4n) is 2.61. The third kappa shape index (κ3) is 2.53. The van der Waals surface area contributed by atoms with Gasteiger partial charge in [-0.05, 0) is 31.0 Å². The summed E-state index contributed by atoms with van der Waals surface area (Å²) in [5.41, 5.74) is 2.31. The summed E-state index contributed by atoms with van der Waals surface area (Å²) in [6, 6.07) is 9.05. The smallest absolute Gasteiger partial charge is 0.282 e. The van der Waals surface area contributed by atoms with Gasteiger partial charge in [0.25, 0.3) is 6.43 Å². The molecule has 4 nitrogen and oxygen atoms in total. The second-order valence-corrected chi connectivity index (χ2v) is 5.09. The first-order valence-electron chi connectivity index (χ1n) is 6.77. The van der Waals surface area contributed by atoms with Gasteiger partial charge in [-0.15, -0.1) is 0 Å². The van der Waals surface area contributed by atoms with E-state index in [1.807, 2.05) is 24.3 Å². The summed E-state index contributed by atoms with van der Waals surface area (Å²) in [6.07, 6.45) is -1.80. The number of fused-ring (bicyclic) bond motifs is 1. The minimum atomic E-state index is -2.62. The summed E-state index contributed by atoms with van der Waals surface area (Å²) in [5, 5.41) is 3.80. The van der Waals surface area contributed by atoms with Crippen molar-refractivity contribution in [1.82, 2.24) is 9.78 Å². The number of hydrogen-bond donors (Lipinski definition) is 0. The number of amides is 1. The number of aryl methyl sites for hydroxylation is 1. The molecule has 1 amide bonds. The van der Waals surface area contributed by atoms with Gasteiger partial charge in [0.05, 0.1) is 0 Å². The minimum absolute atomic E-state index is 0.0209. The molecule has 0 atom stereocenters. The number of rotatable bonds is 3. The molecular weight excluding hydrogens is 276 g/mol. The predicted molar refractivity (Wildman–Crippen MR) is 74.4 cm³/mol. The summed E-state index contributed by atoms with van der Waals surface area (Å²) >= 11 is 0. The lowest BCUT2D eigenvalue weighted by Gasteiger charge is -2.17. The first kappa shape index (κ1) is 13.7. The highest BCUT2D eigenvalue weighted by molar-refractivity contribution is 5.95. The Bertz CT molecular complexity index is 681. The number of aromatic nitrogens is 2. The van der Waals surface area contributed by atoms with E-state index < -0.39 is 6.43 Å². The Hall–Kier alpha value is -2.24. The fraction of sp³-hybridized carbons (Fsp3) is 0.333. The molecule has 0 saturated carbocycles. The number of carbonyl (C=O) groups excluding carboxylic acids is 1. The van der Waals surface area contributed by atoms with Crippen LogP contribution < -0.4 is 4.90 Å². The molecule has 2 aromatic rings. The molecule has 21 heavy (non-hydrogen) atoms. The van der Waals surface area contributed by atoms with Crippen molar-refractivity contribution in [3.05, 3.63) is 47.3 Å². The molecule has 110 valence electrons. The van der Waals surface area contributed by atoms with Crippen LogP contribution in [-0.2, 0) is 17.8 Å².